The number of aryl methyl sites for hydroxylation is 1. The summed E-state index contributed by atoms with van der Waals surface area (Å²) >= 11 is -3.44. The third kappa shape index (κ3) is 14.0. The summed E-state index contributed by atoms with van der Waals surface area (Å²) in [6, 6.07) is 4.06. The van der Waals surface area contributed by atoms with Crippen LogP contribution in [0.3, 0.4) is 0 Å². The van der Waals surface area contributed by atoms with E-state index in [1.165, 1.54) is 11.1 Å². The Morgan fingerprint density at radius 1 is 1.26 bits per heavy atom. The van der Waals surface area contributed by atoms with Crippen LogP contribution in [0.25, 0.3) is 11.0 Å². The number of nitrogens with zero attached hydrogens (tertiary/aromatic N) is 2. The standard InChI is InChI=1S/C12H13N2.H2O4S.2H2O.O.V/c1-9-3-5-13-11(7-9)12-8-10(2)4-6-14-12;1-5(2,3)4;;;;/h3-5,7-8H,6H2,1-2H3;(H2,1,2,3,4);2*1H2;;/q-1;;;;;+2/p-2. The van der Waals surface area contributed by atoms with Gasteiger partial charge < -0.3 is 5.32 Å². The zero-order chi connectivity index (χ0) is 18.0. The normalized spacial score (nSPS) is 13.1. The van der Waals surface area contributed by atoms with Crippen LogP contribution in [0.5, 0.6) is 0 Å². The molecule has 1 aliphatic heterocycles. The molecule has 0 fully saturated rings. The van der Waals surface area contributed by atoms with Crippen molar-refractivity contribution in [2.75, 3.05) is 6.54 Å². The molecule has 0 spiro atoms. The molecule has 1 aliphatic rings. The Balaban J connectivity index is 0.000000450. The van der Waals surface area contributed by atoms with E-state index in [2.05, 4.69) is 42.4 Å². The Bertz CT molecular complexity index is 689. The van der Waals surface area contributed by atoms with Gasteiger partial charge in [-0.3, -0.25) is 14.1 Å². The predicted octanol–water partition coefficient (Wildman–Crippen LogP) is 1.18. The summed E-state index contributed by atoms with van der Waals surface area (Å²) < 4.78 is 54.8. The fourth-order valence-corrected chi connectivity index (χ4v) is 1.44. The molecule has 23 heavy (non-hydrogen) atoms. The summed E-state index contributed by atoms with van der Waals surface area (Å²) in [6.45, 7) is 4.93. The monoisotopic (exact) mass is 384 g/mol. The summed E-state index contributed by atoms with van der Waals surface area (Å²) in [4.78, 5) is 4.31. The van der Waals surface area contributed by atoms with Crippen LogP contribution >= 0.6 is 0 Å². The quantitative estimate of drug-likeness (QED) is 0.525. The van der Waals surface area contributed by atoms with Crippen LogP contribution in [0.15, 0.2) is 36.1 Å². The maximum absolute atomic E-state index is 8.78. The van der Waals surface area contributed by atoms with Gasteiger partial charge in [0.05, 0.1) is 0 Å². The van der Waals surface area contributed by atoms with Gasteiger partial charge in [-0.1, -0.05) is 17.7 Å². The van der Waals surface area contributed by atoms with Crippen LogP contribution in [0.1, 0.15) is 18.2 Å². The van der Waals surface area contributed by atoms with Crippen LogP contribution in [-0.2, 0) is 29.9 Å². The molecule has 0 unspecified atom stereocenters. The zero-order valence-electron chi connectivity index (χ0n) is 12.4. The summed E-state index contributed by atoms with van der Waals surface area (Å²) in [7, 11) is -4.67. The van der Waals surface area contributed by atoms with Gasteiger partial charge in [-0.2, -0.15) is 8.42 Å². The van der Waals surface area contributed by atoms with Crippen LogP contribution in [0, 0.1) is 6.92 Å². The van der Waals surface area contributed by atoms with E-state index in [1.807, 2.05) is 12.3 Å². The van der Waals surface area contributed by atoms with Gasteiger partial charge in [0, 0.05) is 11.9 Å². The fraction of sp³-hybridized carbons (Fsp3) is 0.250. The molecular formula is C12H17N2O7SV-. The molecule has 1 aromatic rings. The van der Waals surface area contributed by atoms with Crippen molar-refractivity contribution in [3.63, 3.8) is 0 Å². The summed E-state index contributed by atoms with van der Waals surface area (Å²) in [5.74, 6) is 0. The molecule has 0 aliphatic carbocycles. The molecule has 1 aromatic heterocycles. The van der Waals surface area contributed by atoms with Gasteiger partial charge in [0.1, 0.15) is 0 Å². The summed E-state index contributed by atoms with van der Waals surface area (Å²) in [6.07, 6.45) is 6.01. The first kappa shape index (κ1) is 21.6. The summed E-state index contributed by atoms with van der Waals surface area (Å²) in [5, 5.41) is 4.41. The van der Waals surface area contributed by atoms with Crippen LogP contribution < -0.4 is 0 Å². The first-order valence-corrected chi connectivity index (χ1v) is 9.24. The van der Waals surface area contributed by atoms with Crippen LogP contribution in [0.4, 0.5) is 0 Å². The Hall–Kier alpha value is -1.40. The average Bonchev–Trinajstić information content (AvgIpc) is 2.36. The van der Waals surface area contributed by atoms with E-state index in [-0.39, 0.29) is 0 Å². The molecule has 11 heteroatoms. The molecule has 0 radical (unpaired) electrons. The molecule has 2 rings (SSSR count). The predicted molar refractivity (Wildman–Crippen MR) is 78.2 cm³/mol. The Labute approximate surface area is 139 Å². The molecule has 2 heterocycles. The van der Waals surface area contributed by atoms with E-state index in [0.29, 0.717) is 0 Å². The van der Waals surface area contributed by atoms with E-state index < -0.39 is 26.2 Å². The van der Waals surface area contributed by atoms with Crippen molar-refractivity contribution in [3.8, 4) is 0 Å². The van der Waals surface area contributed by atoms with Gasteiger partial charge in [0.25, 0.3) is 0 Å². The maximum atomic E-state index is 8.78. The van der Waals surface area contributed by atoms with Crippen LogP contribution in [-0.4, -0.2) is 37.1 Å². The minimum absolute atomic E-state index is 0.771. The van der Waals surface area contributed by atoms with Gasteiger partial charge in [-0.05, 0) is 31.5 Å². The third-order valence-electron chi connectivity index (χ3n) is 2.22. The number of hydrogen-bond acceptors (Lipinski definition) is 4. The first-order chi connectivity index (χ1) is 10.5. The van der Waals surface area contributed by atoms with Crippen molar-refractivity contribution in [2.45, 2.75) is 13.8 Å². The molecule has 0 atom stereocenters. The van der Waals surface area contributed by atoms with Gasteiger partial charge in [-0.25, -0.2) is 0 Å². The van der Waals surface area contributed by atoms with Gasteiger partial charge >= 0.3 is 37.9 Å². The zero-order valence-corrected chi connectivity index (χ0v) is 14.6. The van der Waals surface area contributed by atoms with Crippen molar-refractivity contribution in [1.29, 1.82) is 0 Å². The van der Waals surface area contributed by atoms with Gasteiger partial charge in [0.15, 0.2) is 0 Å². The molecule has 129 valence electrons. The molecule has 0 amide bonds. The van der Waals surface area contributed by atoms with Crippen molar-refractivity contribution in [2.24, 2.45) is 0 Å². The van der Waals surface area contributed by atoms with Crippen LogP contribution in [0.2, 0.25) is 0 Å². The van der Waals surface area contributed by atoms with E-state index in [9.17, 15) is 0 Å². The Kier molecular flexibility index (Phi) is 9.76. The van der Waals surface area contributed by atoms with Crippen molar-refractivity contribution in [1.82, 2.24) is 4.98 Å². The average molecular weight is 384 g/mol. The van der Waals surface area contributed by atoms with Crippen molar-refractivity contribution < 1.29 is 45.1 Å². The Morgan fingerprint density at radius 2 is 1.78 bits per heavy atom. The van der Waals surface area contributed by atoms with Gasteiger partial charge in [0.2, 0.25) is 0 Å². The van der Waals surface area contributed by atoms with E-state index in [4.69, 9.17) is 29.3 Å². The SMILES string of the molecule is CC1=CC[N-]C(c2cc(C)ccn2)=C1.O=S(=O)(O)O.[O]=[V]([OH])[OH]. The second-order valence-corrected chi connectivity index (χ2v) is 5.92. The second kappa shape index (κ2) is 10.4. The first-order valence-electron chi connectivity index (χ1n) is 6.03. The molecular weight excluding hydrogens is 367 g/mol. The molecule has 9 nitrogen and oxygen atoms in total. The number of rotatable bonds is 1. The third-order valence-corrected chi connectivity index (χ3v) is 2.22. The fourth-order valence-electron chi connectivity index (χ4n) is 1.44. The number of aromatic nitrogens is 1. The number of pyridine rings is 1. The van der Waals surface area contributed by atoms with E-state index in [0.717, 1.165) is 17.9 Å². The second-order valence-electron chi connectivity index (χ2n) is 4.24. The topological polar surface area (TPSA) is 159 Å². The molecule has 0 aromatic carbocycles. The van der Waals surface area contributed by atoms with Crippen molar-refractivity contribution >= 4 is 16.1 Å². The van der Waals surface area contributed by atoms with Gasteiger partial charge in [-0.15, -0.1) is 12.2 Å². The summed E-state index contributed by atoms with van der Waals surface area (Å²) in [5.41, 5.74) is 4.45. The molecule has 0 bridgehead atoms. The molecule has 4 N–H and O–H groups in total. The number of allylic oxidation sites excluding steroid dienone is 2. The van der Waals surface area contributed by atoms with Crippen molar-refractivity contribution in [3.05, 3.63) is 52.6 Å². The Morgan fingerprint density at radius 3 is 2.22 bits per heavy atom. The molecule has 0 saturated carbocycles. The molecule has 0 saturated heterocycles. The minimum atomic E-state index is -4.67. The number of hydrogen-bond donors (Lipinski definition) is 4. The van der Waals surface area contributed by atoms with E-state index in [1.54, 1.807) is 0 Å². The van der Waals surface area contributed by atoms with E-state index >= 15 is 0 Å².